The van der Waals surface area contributed by atoms with Crippen LogP contribution < -0.4 is 4.65 Å². The minimum atomic E-state index is 0.574. The van der Waals surface area contributed by atoms with Crippen molar-refractivity contribution >= 4 is 7.69 Å². The van der Waals surface area contributed by atoms with Crippen molar-refractivity contribution < 1.29 is 9.68 Å². The largest absolute Gasteiger partial charge is 0.569 e. The molecule has 0 aliphatic carbocycles. The SMILES string of the molecule is Cc1nn(C)cc1O[B]O. The van der Waals surface area contributed by atoms with E-state index >= 15 is 0 Å². The first-order valence-electron chi connectivity index (χ1n) is 2.87. The second-order valence-corrected chi connectivity index (χ2v) is 1.98. The van der Waals surface area contributed by atoms with Crippen LogP contribution in [-0.4, -0.2) is 22.5 Å². The lowest BCUT2D eigenvalue weighted by atomic mass is 10.4. The Kier molecular flexibility index (Phi) is 1.96. The zero-order chi connectivity index (χ0) is 7.56. The van der Waals surface area contributed by atoms with E-state index in [9.17, 15) is 0 Å². The summed E-state index contributed by atoms with van der Waals surface area (Å²) in [5, 5.41) is 12.3. The van der Waals surface area contributed by atoms with Crippen LogP contribution >= 0.6 is 0 Å². The Labute approximate surface area is 59.7 Å². The van der Waals surface area contributed by atoms with Crippen molar-refractivity contribution in [3.63, 3.8) is 0 Å². The van der Waals surface area contributed by atoms with Gasteiger partial charge in [-0.25, -0.2) is 0 Å². The molecule has 53 valence electrons. The van der Waals surface area contributed by atoms with Crippen molar-refractivity contribution in [2.75, 3.05) is 0 Å². The average molecular weight is 139 g/mol. The van der Waals surface area contributed by atoms with Gasteiger partial charge in [0.1, 0.15) is 5.75 Å². The molecule has 0 fully saturated rings. The van der Waals surface area contributed by atoms with Gasteiger partial charge in [-0.15, -0.1) is 0 Å². The van der Waals surface area contributed by atoms with Gasteiger partial charge in [0.25, 0.3) is 0 Å². The van der Waals surface area contributed by atoms with Crippen molar-refractivity contribution in [3.05, 3.63) is 11.9 Å². The van der Waals surface area contributed by atoms with Gasteiger partial charge in [-0.2, -0.15) is 5.10 Å². The minimum absolute atomic E-state index is 0.574. The number of nitrogens with zero attached hydrogens (tertiary/aromatic N) is 2. The summed E-state index contributed by atoms with van der Waals surface area (Å²) in [4.78, 5) is 0. The molecule has 0 aromatic carbocycles. The molecule has 0 saturated carbocycles. The van der Waals surface area contributed by atoms with E-state index in [0.717, 1.165) is 5.69 Å². The third-order valence-electron chi connectivity index (χ3n) is 1.15. The van der Waals surface area contributed by atoms with Crippen LogP contribution in [0.15, 0.2) is 6.20 Å². The van der Waals surface area contributed by atoms with Crippen LogP contribution in [-0.2, 0) is 7.05 Å². The molecule has 0 atom stereocenters. The molecular weight excluding hydrogens is 131 g/mol. The Bertz CT molecular complexity index is 223. The zero-order valence-corrected chi connectivity index (χ0v) is 5.90. The van der Waals surface area contributed by atoms with E-state index in [1.54, 1.807) is 24.9 Å². The van der Waals surface area contributed by atoms with Crippen molar-refractivity contribution in [1.82, 2.24) is 9.78 Å². The summed E-state index contributed by atoms with van der Waals surface area (Å²) >= 11 is 0. The highest BCUT2D eigenvalue weighted by Crippen LogP contribution is 2.12. The fraction of sp³-hybridized carbons (Fsp3) is 0.400. The van der Waals surface area contributed by atoms with Crippen LogP contribution in [0.2, 0.25) is 0 Å². The Morgan fingerprint density at radius 2 is 2.50 bits per heavy atom. The molecule has 0 spiro atoms. The predicted molar refractivity (Wildman–Crippen MR) is 36.5 cm³/mol. The van der Waals surface area contributed by atoms with Crippen LogP contribution in [0.3, 0.4) is 0 Å². The maximum Gasteiger partial charge on any atom is 0.569 e. The number of aryl methyl sites for hydroxylation is 2. The van der Waals surface area contributed by atoms with Crippen LogP contribution in [0.5, 0.6) is 5.75 Å². The normalized spacial score (nSPS) is 9.50. The summed E-state index contributed by atoms with van der Waals surface area (Å²) < 4.78 is 6.32. The Balaban J connectivity index is 2.81. The Morgan fingerprint density at radius 1 is 1.80 bits per heavy atom. The van der Waals surface area contributed by atoms with Gasteiger partial charge in [-0.3, -0.25) is 4.68 Å². The fourth-order valence-electron chi connectivity index (χ4n) is 0.750. The number of hydrogen-bond acceptors (Lipinski definition) is 3. The predicted octanol–water partition coefficient (Wildman–Crippen LogP) is -0.366. The number of hydrogen-bond donors (Lipinski definition) is 1. The quantitative estimate of drug-likeness (QED) is 0.568. The second kappa shape index (κ2) is 2.75. The van der Waals surface area contributed by atoms with Crippen LogP contribution in [0, 0.1) is 6.92 Å². The molecule has 1 radical (unpaired) electrons. The van der Waals surface area contributed by atoms with Gasteiger partial charge in [-0.1, -0.05) is 0 Å². The van der Waals surface area contributed by atoms with Crippen LogP contribution in [0.25, 0.3) is 0 Å². The number of aromatic nitrogens is 2. The van der Waals surface area contributed by atoms with Crippen molar-refractivity contribution in [1.29, 1.82) is 0 Å². The smallest absolute Gasteiger partial charge is 0.535 e. The van der Waals surface area contributed by atoms with Gasteiger partial charge in [0.2, 0.25) is 0 Å². The Hall–Kier alpha value is -0.965. The first-order chi connectivity index (χ1) is 4.74. The lowest BCUT2D eigenvalue weighted by Gasteiger charge is -1.94. The zero-order valence-electron chi connectivity index (χ0n) is 5.90. The second-order valence-electron chi connectivity index (χ2n) is 1.98. The molecule has 0 saturated heterocycles. The van der Waals surface area contributed by atoms with E-state index in [2.05, 4.69) is 5.10 Å². The molecule has 1 heterocycles. The average Bonchev–Trinajstić information content (AvgIpc) is 2.13. The molecule has 5 heteroatoms. The van der Waals surface area contributed by atoms with E-state index in [1.165, 1.54) is 0 Å². The third-order valence-corrected chi connectivity index (χ3v) is 1.15. The highest BCUT2D eigenvalue weighted by molar-refractivity contribution is 6.17. The summed E-state index contributed by atoms with van der Waals surface area (Å²) in [7, 11) is 2.43. The summed E-state index contributed by atoms with van der Waals surface area (Å²) in [5.41, 5.74) is 0.757. The summed E-state index contributed by atoms with van der Waals surface area (Å²) in [5.74, 6) is 0.574. The van der Waals surface area contributed by atoms with Gasteiger partial charge in [-0.05, 0) is 6.92 Å². The van der Waals surface area contributed by atoms with Gasteiger partial charge in [0, 0.05) is 7.05 Å². The number of rotatable bonds is 2. The third kappa shape index (κ3) is 1.30. The van der Waals surface area contributed by atoms with Gasteiger partial charge in [0.15, 0.2) is 0 Å². The van der Waals surface area contributed by atoms with Crippen LogP contribution in [0.1, 0.15) is 5.69 Å². The van der Waals surface area contributed by atoms with Crippen molar-refractivity contribution in [2.24, 2.45) is 7.05 Å². The molecule has 10 heavy (non-hydrogen) atoms. The molecule has 0 bridgehead atoms. The van der Waals surface area contributed by atoms with E-state index < -0.39 is 0 Å². The Morgan fingerprint density at radius 3 is 2.90 bits per heavy atom. The van der Waals surface area contributed by atoms with Crippen molar-refractivity contribution in [2.45, 2.75) is 6.92 Å². The topological polar surface area (TPSA) is 47.3 Å². The van der Waals surface area contributed by atoms with Crippen molar-refractivity contribution in [3.8, 4) is 5.75 Å². The van der Waals surface area contributed by atoms with Crippen LogP contribution in [0.4, 0.5) is 0 Å². The highest BCUT2D eigenvalue weighted by atomic mass is 16.5. The molecule has 1 N–H and O–H groups in total. The maximum absolute atomic E-state index is 8.27. The molecule has 0 amide bonds. The molecule has 1 rings (SSSR count). The van der Waals surface area contributed by atoms with E-state index in [4.69, 9.17) is 9.68 Å². The molecule has 0 aliphatic heterocycles. The van der Waals surface area contributed by atoms with E-state index in [0.29, 0.717) is 13.4 Å². The van der Waals surface area contributed by atoms with Gasteiger partial charge >= 0.3 is 7.69 Å². The standard InChI is InChI=1S/C5H8BN2O2/c1-4-5(10-6-9)3-8(2)7-4/h3,9H,1-2H3. The molecule has 0 aliphatic rings. The molecule has 4 nitrogen and oxygen atoms in total. The minimum Gasteiger partial charge on any atom is -0.535 e. The lowest BCUT2D eigenvalue weighted by molar-refractivity contribution is 0.451. The maximum atomic E-state index is 8.27. The van der Waals surface area contributed by atoms with Gasteiger partial charge in [0.05, 0.1) is 11.9 Å². The summed E-state index contributed by atoms with van der Waals surface area (Å²) in [6.45, 7) is 1.80. The summed E-state index contributed by atoms with van der Waals surface area (Å²) in [6, 6.07) is 0. The first-order valence-corrected chi connectivity index (χ1v) is 2.87. The van der Waals surface area contributed by atoms with E-state index in [-0.39, 0.29) is 0 Å². The fourth-order valence-corrected chi connectivity index (χ4v) is 0.750. The van der Waals surface area contributed by atoms with E-state index in [1.807, 2.05) is 0 Å². The molecule has 0 unspecified atom stereocenters. The molecule has 1 aromatic heterocycles. The lowest BCUT2D eigenvalue weighted by Crippen LogP contribution is -1.99. The molecule has 1 aromatic rings. The molecular formula is C5H8BN2O2. The van der Waals surface area contributed by atoms with Gasteiger partial charge < -0.3 is 9.68 Å². The monoisotopic (exact) mass is 139 g/mol. The summed E-state index contributed by atoms with van der Waals surface area (Å²) in [6.07, 6.45) is 1.68. The first kappa shape index (κ1) is 7.15. The highest BCUT2D eigenvalue weighted by Gasteiger charge is 2.02.